The quantitative estimate of drug-likeness (QED) is 0.181. The fourth-order valence-corrected chi connectivity index (χ4v) is 9.32. The number of anilines is 4. The Balaban J connectivity index is 1.34. The third-order valence-corrected chi connectivity index (χ3v) is 12.4. The maximum absolute atomic E-state index is 5.24. The van der Waals surface area contributed by atoms with Gasteiger partial charge in [0.05, 0.1) is 29.2 Å². The van der Waals surface area contributed by atoms with Crippen LogP contribution in [0.25, 0.3) is 11.1 Å². The zero-order valence-corrected chi connectivity index (χ0v) is 33.8. The molecule has 4 nitrogen and oxygen atoms in total. The smallest absolute Gasteiger partial charge is 0.0938 e. The summed E-state index contributed by atoms with van der Waals surface area (Å²) in [6.07, 6.45) is 6.26. The van der Waals surface area contributed by atoms with Crippen molar-refractivity contribution in [2.45, 2.75) is 77.0 Å². The third kappa shape index (κ3) is 5.36. The average Bonchev–Trinajstić information content (AvgIpc) is 3.73. The molecular weight excluding hydrogens is 669 g/mol. The molecule has 1 aliphatic carbocycles. The monoisotopic (exact) mass is 720 g/mol. The summed E-state index contributed by atoms with van der Waals surface area (Å²) >= 11 is 0. The first-order chi connectivity index (χ1) is 26.2. The van der Waals surface area contributed by atoms with Gasteiger partial charge in [0.25, 0.3) is 0 Å². The van der Waals surface area contributed by atoms with Crippen molar-refractivity contribution in [3.05, 3.63) is 185 Å². The summed E-state index contributed by atoms with van der Waals surface area (Å²) in [4.78, 5) is 12.2. The second kappa shape index (κ2) is 12.2. The largest absolute Gasteiger partial charge is 0.361 e. The molecule has 0 amide bonds. The number of fused-ring (bicyclic) bond motifs is 5. The van der Waals surface area contributed by atoms with E-state index in [-0.39, 0.29) is 16.2 Å². The van der Waals surface area contributed by atoms with Crippen LogP contribution in [0.5, 0.6) is 0 Å². The van der Waals surface area contributed by atoms with Crippen LogP contribution in [0.15, 0.2) is 140 Å². The Morgan fingerprint density at radius 2 is 1.18 bits per heavy atom. The molecule has 0 saturated heterocycles. The number of para-hydroxylation sites is 1. The summed E-state index contributed by atoms with van der Waals surface area (Å²) in [6.45, 7) is 19.5. The number of rotatable bonds is 4. The fraction of sp³-hybridized carbons (Fsp3) is 0.275. The lowest BCUT2D eigenvalue weighted by atomic mass is 9.67. The topological polar surface area (TPSA) is 22.6 Å². The zero-order chi connectivity index (χ0) is 38.5. The molecule has 2 aliphatic heterocycles. The number of pyridine rings is 1. The van der Waals surface area contributed by atoms with Crippen molar-refractivity contribution in [2.75, 3.05) is 23.5 Å². The van der Waals surface area contributed by atoms with Gasteiger partial charge in [-0.05, 0) is 103 Å². The van der Waals surface area contributed by atoms with E-state index in [0.29, 0.717) is 0 Å². The van der Waals surface area contributed by atoms with Gasteiger partial charge in [-0.2, -0.15) is 0 Å². The molecule has 1 aromatic heterocycles. The molecule has 55 heavy (non-hydrogen) atoms. The Bertz CT molecular complexity index is 2430. The molecule has 5 aromatic carbocycles. The first-order valence-corrected chi connectivity index (χ1v) is 19.7. The normalized spacial score (nSPS) is 16.5. The highest BCUT2D eigenvalue weighted by Gasteiger charge is 2.49. The highest BCUT2D eigenvalue weighted by molar-refractivity contribution is 5.90. The van der Waals surface area contributed by atoms with Crippen molar-refractivity contribution in [3.8, 4) is 11.1 Å². The summed E-state index contributed by atoms with van der Waals surface area (Å²) in [5.41, 5.74) is 16.6. The summed E-state index contributed by atoms with van der Waals surface area (Å²) < 4.78 is 0. The van der Waals surface area contributed by atoms with Gasteiger partial charge in [0, 0.05) is 42.4 Å². The standard InChI is InChI=1S/C51H52N4/c1-48(2,3)34-20-23-41-39(29-34)40-30-35(49(4,5)6)21-24-42(40)51(41,47-19-12-13-26-52-47)36-22-25-44-46(31-36)55(45-18-11-10-17-43(45)50(44,7)8)38-16-14-15-37(32-38)54-28-27-53(9)33-54/h10-32H,33H2,1-9H3. The van der Waals surface area contributed by atoms with Crippen molar-refractivity contribution >= 4 is 22.7 Å². The molecular formula is C51H52N4. The van der Waals surface area contributed by atoms with Gasteiger partial charge in [0.1, 0.15) is 0 Å². The minimum Gasteiger partial charge on any atom is -0.361 e. The molecule has 0 bridgehead atoms. The summed E-state index contributed by atoms with van der Waals surface area (Å²) in [5.74, 6) is 0. The van der Waals surface area contributed by atoms with Gasteiger partial charge < -0.3 is 14.7 Å². The van der Waals surface area contributed by atoms with E-state index in [9.17, 15) is 0 Å². The summed E-state index contributed by atoms with van der Waals surface area (Å²) in [6, 6.07) is 46.1. The van der Waals surface area contributed by atoms with Crippen LogP contribution in [-0.2, 0) is 21.7 Å². The molecule has 0 atom stereocenters. The van der Waals surface area contributed by atoms with Crippen LogP contribution in [0, 0.1) is 0 Å². The predicted molar refractivity (Wildman–Crippen MR) is 230 cm³/mol. The molecule has 276 valence electrons. The van der Waals surface area contributed by atoms with E-state index >= 15 is 0 Å². The van der Waals surface area contributed by atoms with Gasteiger partial charge in [-0.15, -0.1) is 0 Å². The molecule has 0 unspecified atom stereocenters. The Kier molecular flexibility index (Phi) is 7.79. The molecule has 9 rings (SSSR count). The van der Waals surface area contributed by atoms with E-state index in [1.807, 2.05) is 12.3 Å². The lowest BCUT2D eigenvalue weighted by Crippen LogP contribution is -2.33. The molecule has 0 spiro atoms. The van der Waals surface area contributed by atoms with Crippen LogP contribution >= 0.6 is 0 Å². The van der Waals surface area contributed by atoms with Crippen LogP contribution in [0.4, 0.5) is 22.7 Å². The van der Waals surface area contributed by atoms with Crippen molar-refractivity contribution in [1.29, 1.82) is 0 Å². The lowest BCUT2D eigenvalue weighted by Gasteiger charge is -2.43. The SMILES string of the molecule is CN1C=CN(c2cccc(N3c4ccccc4C(C)(C)c4ccc(C5(c6ccccn6)c6ccc(C(C)(C)C)cc6-c6cc(C(C)(C)C)ccc65)cc43)c2)C1. The van der Waals surface area contributed by atoms with E-state index in [2.05, 4.69) is 205 Å². The third-order valence-electron chi connectivity index (χ3n) is 12.4. The lowest BCUT2D eigenvalue weighted by molar-refractivity contribution is 0.496. The number of hydrogen-bond acceptors (Lipinski definition) is 4. The van der Waals surface area contributed by atoms with Crippen LogP contribution in [0.2, 0.25) is 0 Å². The van der Waals surface area contributed by atoms with Gasteiger partial charge in [0.15, 0.2) is 0 Å². The van der Waals surface area contributed by atoms with Crippen LogP contribution in [-0.4, -0.2) is 23.6 Å². The van der Waals surface area contributed by atoms with Gasteiger partial charge in [-0.25, -0.2) is 0 Å². The van der Waals surface area contributed by atoms with E-state index in [1.165, 1.54) is 67.1 Å². The van der Waals surface area contributed by atoms with E-state index < -0.39 is 5.41 Å². The highest BCUT2D eigenvalue weighted by Crippen LogP contribution is 2.59. The second-order valence-corrected chi connectivity index (χ2v) is 18.4. The number of nitrogens with zero attached hydrogens (tertiary/aromatic N) is 4. The van der Waals surface area contributed by atoms with E-state index in [1.54, 1.807) is 0 Å². The van der Waals surface area contributed by atoms with Crippen molar-refractivity contribution in [1.82, 2.24) is 9.88 Å². The van der Waals surface area contributed by atoms with E-state index in [4.69, 9.17) is 4.98 Å². The van der Waals surface area contributed by atoms with Crippen molar-refractivity contribution in [3.63, 3.8) is 0 Å². The highest BCUT2D eigenvalue weighted by atomic mass is 15.3. The first-order valence-electron chi connectivity index (χ1n) is 19.7. The molecule has 3 aliphatic rings. The molecule has 0 N–H and O–H groups in total. The number of benzene rings is 5. The van der Waals surface area contributed by atoms with Crippen LogP contribution < -0.4 is 9.80 Å². The molecule has 0 radical (unpaired) electrons. The molecule has 0 saturated carbocycles. The Labute approximate surface area is 327 Å². The van der Waals surface area contributed by atoms with Crippen LogP contribution in [0.3, 0.4) is 0 Å². The van der Waals surface area contributed by atoms with Crippen molar-refractivity contribution in [2.24, 2.45) is 0 Å². The van der Waals surface area contributed by atoms with Gasteiger partial charge in [-0.1, -0.05) is 134 Å². The fourth-order valence-electron chi connectivity index (χ4n) is 9.32. The van der Waals surface area contributed by atoms with Gasteiger partial charge in [0.2, 0.25) is 0 Å². The molecule has 4 heteroatoms. The summed E-state index contributed by atoms with van der Waals surface area (Å²) in [7, 11) is 2.12. The first kappa shape index (κ1) is 35.1. The molecule has 3 heterocycles. The minimum atomic E-state index is -0.632. The maximum Gasteiger partial charge on any atom is 0.0938 e. The summed E-state index contributed by atoms with van der Waals surface area (Å²) in [5, 5.41) is 0. The zero-order valence-electron chi connectivity index (χ0n) is 33.8. The minimum absolute atomic E-state index is 0.00713. The number of aromatic nitrogens is 1. The molecule has 6 aromatic rings. The molecule has 0 fully saturated rings. The Morgan fingerprint density at radius 1 is 0.564 bits per heavy atom. The van der Waals surface area contributed by atoms with Gasteiger partial charge >= 0.3 is 0 Å². The van der Waals surface area contributed by atoms with Crippen LogP contribution in [0.1, 0.15) is 100 Å². The Hall–Kier alpha value is -5.61. The van der Waals surface area contributed by atoms with Gasteiger partial charge in [-0.3, -0.25) is 4.98 Å². The second-order valence-electron chi connectivity index (χ2n) is 18.4. The van der Waals surface area contributed by atoms with E-state index in [0.717, 1.165) is 18.1 Å². The Morgan fingerprint density at radius 3 is 1.80 bits per heavy atom. The number of hydrogen-bond donors (Lipinski definition) is 0. The van der Waals surface area contributed by atoms with Crippen molar-refractivity contribution < 1.29 is 0 Å². The maximum atomic E-state index is 5.24. The predicted octanol–water partition coefficient (Wildman–Crippen LogP) is 12.3. The average molecular weight is 721 g/mol.